The third-order valence-corrected chi connectivity index (χ3v) is 5.22. The van der Waals surface area contributed by atoms with Crippen molar-refractivity contribution in [3.05, 3.63) is 78.0 Å². The number of nitrogens with zero attached hydrogens (tertiary/aromatic N) is 5. The van der Waals surface area contributed by atoms with E-state index < -0.39 is 30.1 Å². The van der Waals surface area contributed by atoms with Crippen LogP contribution in [0.15, 0.2) is 66.7 Å². The Kier molecular flexibility index (Phi) is 9.83. The lowest BCUT2D eigenvalue weighted by Gasteiger charge is -2.10. The van der Waals surface area contributed by atoms with Gasteiger partial charge >= 0.3 is 6.36 Å². The SMILES string of the molecule is CNC(=O)c1cn(CC(F)CC/C(N)=C/C=C(\N)NC(=O)Cc2cn(-c3cccc(OC(F)(F)F)c3)cn2)nn1. The fourth-order valence-corrected chi connectivity index (χ4v) is 3.37. The number of carbonyl (C=O) groups excluding carboxylic acids is 2. The first-order valence-corrected chi connectivity index (χ1v) is 11.8. The molecule has 1 atom stereocenters. The number of carbonyl (C=O) groups is 2. The second kappa shape index (κ2) is 13.3. The molecule has 0 aliphatic rings. The van der Waals surface area contributed by atoms with Crippen LogP contribution in [-0.2, 0) is 17.8 Å². The number of aromatic nitrogens is 5. The van der Waals surface area contributed by atoms with Crippen LogP contribution < -0.4 is 26.8 Å². The molecule has 3 aromatic rings. The van der Waals surface area contributed by atoms with Gasteiger partial charge in [0, 0.05) is 25.0 Å². The molecule has 0 aliphatic heterocycles. The van der Waals surface area contributed by atoms with Crippen molar-refractivity contribution in [2.75, 3.05) is 7.05 Å². The first kappa shape index (κ1) is 29.7. The highest BCUT2D eigenvalue weighted by Crippen LogP contribution is 2.24. The molecule has 40 heavy (non-hydrogen) atoms. The molecule has 0 spiro atoms. The number of hydrogen-bond acceptors (Lipinski definition) is 8. The van der Waals surface area contributed by atoms with E-state index in [1.807, 2.05) is 0 Å². The summed E-state index contributed by atoms with van der Waals surface area (Å²) in [6, 6.07) is 5.29. The minimum atomic E-state index is -4.82. The number of halogens is 4. The zero-order chi connectivity index (χ0) is 29.3. The van der Waals surface area contributed by atoms with Crippen LogP contribution in [-0.4, -0.2) is 55.9 Å². The molecular weight excluding hydrogens is 538 g/mol. The third-order valence-electron chi connectivity index (χ3n) is 5.22. The number of nitrogens with one attached hydrogen (secondary N) is 2. The number of ether oxygens (including phenoxy) is 1. The van der Waals surface area contributed by atoms with Crippen LogP contribution in [0.3, 0.4) is 0 Å². The first-order chi connectivity index (χ1) is 18.9. The van der Waals surface area contributed by atoms with Crippen molar-refractivity contribution < 1.29 is 31.9 Å². The molecule has 0 radical (unpaired) electrons. The zero-order valence-electron chi connectivity index (χ0n) is 21.2. The van der Waals surface area contributed by atoms with E-state index in [1.54, 1.807) is 6.07 Å². The molecule has 3 rings (SSSR count). The molecule has 0 bridgehead atoms. The van der Waals surface area contributed by atoms with Crippen LogP contribution in [0.5, 0.6) is 5.75 Å². The summed E-state index contributed by atoms with van der Waals surface area (Å²) in [5.41, 5.74) is 12.8. The highest BCUT2D eigenvalue weighted by molar-refractivity contribution is 5.91. The standard InChI is InChI=1S/C24H27F4N9O3/c1-31-23(39)20-13-37(35-34-20)11-15(25)5-6-16(29)7-8-21(30)33-22(38)9-17-12-36(14-32-17)18-3-2-4-19(10-18)40-24(26,27)28/h2-4,7-8,10,12-15H,5-6,9,11,29-30H2,1H3,(H,31,39)(H,33,38)/b16-7-,21-8+. The van der Waals surface area contributed by atoms with E-state index in [-0.39, 0.29) is 37.3 Å². The smallest absolute Gasteiger partial charge is 0.406 e. The van der Waals surface area contributed by atoms with Gasteiger partial charge in [-0.15, -0.1) is 18.3 Å². The van der Waals surface area contributed by atoms with Gasteiger partial charge in [-0.3, -0.25) is 9.59 Å². The maximum absolute atomic E-state index is 14.3. The molecule has 214 valence electrons. The van der Waals surface area contributed by atoms with Gasteiger partial charge in [-0.2, -0.15) is 0 Å². The molecule has 2 amide bonds. The molecule has 0 saturated heterocycles. The Hall–Kier alpha value is -4.89. The van der Waals surface area contributed by atoms with Crippen molar-refractivity contribution in [1.82, 2.24) is 35.2 Å². The lowest BCUT2D eigenvalue weighted by Crippen LogP contribution is -2.28. The number of allylic oxidation sites excluding steroid dienone is 3. The van der Waals surface area contributed by atoms with Gasteiger partial charge in [0.05, 0.1) is 36.9 Å². The molecule has 2 aromatic heterocycles. The number of nitrogens with two attached hydrogens (primary N) is 2. The lowest BCUT2D eigenvalue weighted by molar-refractivity contribution is -0.274. The van der Waals surface area contributed by atoms with Crippen molar-refractivity contribution in [2.24, 2.45) is 11.5 Å². The molecule has 1 unspecified atom stereocenters. The highest BCUT2D eigenvalue weighted by Gasteiger charge is 2.31. The normalized spacial score (nSPS) is 13.1. The van der Waals surface area contributed by atoms with Gasteiger partial charge in [0.2, 0.25) is 5.91 Å². The summed E-state index contributed by atoms with van der Waals surface area (Å²) in [6.45, 7) is -0.103. The molecular formula is C24H27F4N9O3. The molecule has 0 aliphatic carbocycles. The fraction of sp³-hybridized carbons (Fsp3) is 0.292. The number of hydrogen-bond donors (Lipinski definition) is 4. The Morgan fingerprint density at radius 2 is 1.98 bits per heavy atom. The topological polar surface area (TPSA) is 168 Å². The van der Waals surface area contributed by atoms with Gasteiger partial charge in [-0.05, 0) is 37.1 Å². The Morgan fingerprint density at radius 3 is 2.70 bits per heavy atom. The second-order valence-corrected chi connectivity index (χ2v) is 8.45. The Bertz CT molecular complexity index is 1380. The molecule has 0 saturated carbocycles. The number of benzene rings is 1. The zero-order valence-corrected chi connectivity index (χ0v) is 21.2. The van der Waals surface area contributed by atoms with Crippen molar-refractivity contribution in [3.8, 4) is 11.4 Å². The van der Waals surface area contributed by atoms with E-state index in [2.05, 4.69) is 30.7 Å². The minimum absolute atomic E-state index is 0.00877. The monoisotopic (exact) mass is 565 g/mol. The first-order valence-electron chi connectivity index (χ1n) is 11.8. The lowest BCUT2D eigenvalue weighted by atomic mass is 10.1. The van der Waals surface area contributed by atoms with Crippen LogP contribution in [0.1, 0.15) is 29.0 Å². The van der Waals surface area contributed by atoms with Gasteiger partial charge in [-0.1, -0.05) is 11.3 Å². The van der Waals surface area contributed by atoms with E-state index in [0.717, 1.165) is 0 Å². The van der Waals surface area contributed by atoms with E-state index in [0.29, 0.717) is 17.1 Å². The molecule has 6 N–H and O–H groups in total. The predicted octanol–water partition coefficient (Wildman–Crippen LogP) is 1.84. The number of alkyl halides is 4. The summed E-state index contributed by atoms with van der Waals surface area (Å²) in [6.07, 6.45) is 0.957. The average molecular weight is 566 g/mol. The molecule has 16 heteroatoms. The Morgan fingerprint density at radius 1 is 1.20 bits per heavy atom. The second-order valence-electron chi connectivity index (χ2n) is 8.45. The fourth-order valence-electron chi connectivity index (χ4n) is 3.37. The van der Waals surface area contributed by atoms with Gasteiger partial charge in [-0.25, -0.2) is 14.1 Å². The van der Waals surface area contributed by atoms with Gasteiger partial charge < -0.3 is 31.4 Å². The van der Waals surface area contributed by atoms with Crippen LogP contribution in [0, 0.1) is 0 Å². The van der Waals surface area contributed by atoms with E-state index in [4.69, 9.17) is 11.5 Å². The van der Waals surface area contributed by atoms with Crippen LogP contribution in [0.4, 0.5) is 17.6 Å². The summed E-state index contributed by atoms with van der Waals surface area (Å²) < 4.78 is 58.2. The largest absolute Gasteiger partial charge is 0.573 e. The quantitative estimate of drug-likeness (QED) is 0.191. The van der Waals surface area contributed by atoms with Crippen LogP contribution in [0.2, 0.25) is 0 Å². The number of rotatable bonds is 12. The van der Waals surface area contributed by atoms with Crippen molar-refractivity contribution in [1.29, 1.82) is 0 Å². The van der Waals surface area contributed by atoms with Crippen molar-refractivity contribution >= 4 is 11.8 Å². The Balaban J connectivity index is 1.46. The predicted molar refractivity (Wildman–Crippen MR) is 134 cm³/mol. The molecule has 12 nitrogen and oxygen atoms in total. The highest BCUT2D eigenvalue weighted by atomic mass is 19.4. The average Bonchev–Trinajstić information content (AvgIpc) is 3.54. The Labute approximate surface area is 225 Å². The summed E-state index contributed by atoms with van der Waals surface area (Å²) in [5, 5.41) is 12.2. The third kappa shape index (κ3) is 9.45. The summed E-state index contributed by atoms with van der Waals surface area (Å²) in [4.78, 5) is 27.9. The number of imidazole rings is 1. The van der Waals surface area contributed by atoms with E-state index in [1.165, 1.54) is 65.4 Å². The number of amides is 2. The maximum Gasteiger partial charge on any atom is 0.573 e. The maximum atomic E-state index is 14.3. The van der Waals surface area contributed by atoms with Crippen LogP contribution in [0.25, 0.3) is 5.69 Å². The van der Waals surface area contributed by atoms with Crippen molar-refractivity contribution in [3.63, 3.8) is 0 Å². The molecule has 1 aromatic carbocycles. The minimum Gasteiger partial charge on any atom is -0.406 e. The van der Waals surface area contributed by atoms with Crippen molar-refractivity contribution in [2.45, 2.75) is 38.3 Å². The summed E-state index contributed by atoms with van der Waals surface area (Å²) in [5.74, 6) is -1.32. The van der Waals surface area contributed by atoms with Gasteiger partial charge in [0.15, 0.2) is 5.69 Å². The van der Waals surface area contributed by atoms with Gasteiger partial charge in [0.25, 0.3) is 5.91 Å². The summed E-state index contributed by atoms with van der Waals surface area (Å²) in [7, 11) is 1.45. The van der Waals surface area contributed by atoms with E-state index in [9.17, 15) is 27.2 Å². The molecule has 0 fully saturated rings. The molecule has 2 heterocycles. The summed E-state index contributed by atoms with van der Waals surface area (Å²) >= 11 is 0. The van der Waals surface area contributed by atoms with Crippen LogP contribution >= 0.6 is 0 Å². The van der Waals surface area contributed by atoms with Gasteiger partial charge in [0.1, 0.15) is 17.7 Å². The van der Waals surface area contributed by atoms with E-state index >= 15 is 0 Å².